The van der Waals surface area contributed by atoms with Gasteiger partial charge in [0.2, 0.25) is 5.95 Å². The van der Waals surface area contributed by atoms with Crippen LogP contribution >= 0.6 is 0 Å². The van der Waals surface area contributed by atoms with E-state index in [0.29, 0.717) is 22.6 Å². The maximum atomic E-state index is 14.3. The molecule has 0 bridgehead atoms. The van der Waals surface area contributed by atoms with E-state index in [-0.39, 0.29) is 11.8 Å². The number of aromatic amines is 1. The maximum Gasteiger partial charge on any atom is 0.209 e. The van der Waals surface area contributed by atoms with E-state index in [1.165, 1.54) is 13.1 Å². The molecule has 7 heteroatoms. The predicted molar refractivity (Wildman–Crippen MR) is 80.5 cm³/mol. The summed E-state index contributed by atoms with van der Waals surface area (Å²) in [7, 11) is 1.33. The third-order valence-corrected chi connectivity index (χ3v) is 4.25. The van der Waals surface area contributed by atoms with Crippen LogP contribution in [-0.4, -0.2) is 36.2 Å². The summed E-state index contributed by atoms with van der Waals surface area (Å²) in [6.07, 6.45) is 0.706. The van der Waals surface area contributed by atoms with Gasteiger partial charge in [0.05, 0.1) is 16.7 Å². The Hall–Kier alpha value is -2.31. The third kappa shape index (κ3) is 2.58. The van der Waals surface area contributed by atoms with Crippen LogP contribution < -0.4 is 14.9 Å². The zero-order chi connectivity index (χ0) is 15.9. The van der Waals surface area contributed by atoms with Gasteiger partial charge in [-0.1, -0.05) is 6.92 Å². The lowest BCUT2D eigenvalue weighted by Gasteiger charge is -2.32. The van der Waals surface area contributed by atoms with Gasteiger partial charge in [-0.05, 0) is 24.8 Å². The number of carboxylic acid groups (broad SMARTS) is 1. The van der Waals surface area contributed by atoms with E-state index < -0.39 is 6.09 Å². The molecule has 0 aliphatic carbocycles. The molecule has 0 unspecified atom stereocenters. The van der Waals surface area contributed by atoms with Crippen molar-refractivity contribution < 1.29 is 14.3 Å². The first-order valence-electron chi connectivity index (χ1n) is 7.34. The molecule has 0 saturated carbocycles. The van der Waals surface area contributed by atoms with Crippen molar-refractivity contribution in [3.63, 3.8) is 0 Å². The summed E-state index contributed by atoms with van der Waals surface area (Å²) < 4.78 is 14.3. The second kappa shape index (κ2) is 5.47. The van der Waals surface area contributed by atoms with Gasteiger partial charge in [0.15, 0.2) is 0 Å². The number of H-pyrrole nitrogens is 1. The number of amides is 1. The van der Waals surface area contributed by atoms with Gasteiger partial charge >= 0.3 is 0 Å². The highest BCUT2D eigenvalue weighted by Gasteiger charge is 2.20. The van der Waals surface area contributed by atoms with Crippen LogP contribution in [0.15, 0.2) is 12.1 Å². The number of imidazole rings is 1. The van der Waals surface area contributed by atoms with E-state index in [9.17, 15) is 14.3 Å². The molecule has 0 atom stereocenters. The van der Waals surface area contributed by atoms with Gasteiger partial charge in [-0.25, -0.2) is 9.37 Å². The van der Waals surface area contributed by atoms with Crippen LogP contribution in [0, 0.1) is 11.7 Å². The Morgan fingerprint density at radius 2 is 2.14 bits per heavy atom. The van der Waals surface area contributed by atoms with Crippen LogP contribution in [0.4, 0.5) is 20.8 Å². The lowest BCUT2D eigenvalue weighted by molar-refractivity contribution is -0.246. The van der Waals surface area contributed by atoms with Crippen molar-refractivity contribution in [1.29, 1.82) is 0 Å². The van der Waals surface area contributed by atoms with Crippen molar-refractivity contribution >= 4 is 28.8 Å². The summed E-state index contributed by atoms with van der Waals surface area (Å²) in [5.74, 6) is 0.462. The van der Waals surface area contributed by atoms with Crippen molar-refractivity contribution in [2.45, 2.75) is 19.8 Å². The number of nitrogens with one attached hydrogen (secondary N) is 1. The normalized spacial score (nSPS) is 16.2. The minimum Gasteiger partial charge on any atom is -0.530 e. The molecule has 1 N–H and O–H groups in total. The largest absolute Gasteiger partial charge is 0.530 e. The lowest BCUT2D eigenvalue weighted by Crippen LogP contribution is -2.38. The minimum absolute atomic E-state index is 0.124. The number of carbonyl (C=O) groups is 1. The van der Waals surface area contributed by atoms with Crippen LogP contribution in [0.25, 0.3) is 11.0 Å². The summed E-state index contributed by atoms with van der Waals surface area (Å²) in [5, 5.41) is 10.9. The molecule has 6 nitrogen and oxygen atoms in total. The molecular formula is C15H18FN4O2-. The molecule has 1 amide bonds. The van der Waals surface area contributed by atoms with E-state index in [1.807, 2.05) is 4.90 Å². The Morgan fingerprint density at radius 1 is 1.45 bits per heavy atom. The summed E-state index contributed by atoms with van der Waals surface area (Å²) in [4.78, 5) is 20.7. The zero-order valence-corrected chi connectivity index (χ0v) is 12.6. The monoisotopic (exact) mass is 305 g/mol. The highest BCUT2D eigenvalue weighted by molar-refractivity contribution is 5.87. The molecule has 1 aromatic heterocycles. The minimum atomic E-state index is -1.37. The highest BCUT2D eigenvalue weighted by atomic mass is 19.1. The second-order valence-electron chi connectivity index (χ2n) is 5.88. The topological polar surface area (TPSA) is 75.3 Å². The predicted octanol–water partition coefficient (Wildman–Crippen LogP) is 1.72. The van der Waals surface area contributed by atoms with Crippen molar-refractivity contribution in [2.24, 2.45) is 5.92 Å². The number of aromatic nitrogens is 2. The Bertz CT molecular complexity index is 707. The number of halogens is 1. The first kappa shape index (κ1) is 14.6. The molecule has 2 aromatic rings. The molecule has 118 valence electrons. The summed E-state index contributed by atoms with van der Waals surface area (Å²) >= 11 is 0. The zero-order valence-electron chi connectivity index (χ0n) is 12.6. The highest BCUT2D eigenvalue weighted by Crippen LogP contribution is 2.29. The van der Waals surface area contributed by atoms with Crippen LogP contribution in [0.3, 0.4) is 0 Å². The fraction of sp³-hybridized carbons (Fsp3) is 0.467. The number of fused-ring (bicyclic) bond motifs is 1. The first-order valence-corrected chi connectivity index (χ1v) is 7.34. The SMILES string of the molecule is CC1CCN(c2cc3nc(N(C)C(=O)[O-])[nH]c3cc2F)CC1. The molecule has 0 radical (unpaired) electrons. The molecule has 2 heterocycles. The molecule has 22 heavy (non-hydrogen) atoms. The fourth-order valence-electron chi connectivity index (χ4n) is 2.74. The van der Waals surface area contributed by atoms with Gasteiger partial charge in [-0.2, -0.15) is 0 Å². The standard InChI is InChI=1S/C15H19FN4O2/c1-9-3-5-20(6-4-9)13-8-12-11(7-10(13)16)17-14(18-12)19(2)15(21)22/h7-9H,3-6H2,1-2H3,(H,17,18)(H,21,22)/p-1. The maximum absolute atomic E-state index is 14.3. The molecule has 1 aliphatic rings. The number of rotatable bonds is 2. The van der Waals surface area contributed by atoms with Crippen molar-refractivity contribution in [3.05, 3.63) is 17.9 Å². The number of hydrogen-bond acceptors (Lipinski definition) is 4. The summed E-state index contributed by atoms with van der Waals surface area (Å²) in [5.41, 5.74) is 1.53. The molecule has 3 rings (SSSR count). The number of carbonyl (C=O) groups excluding carboxylic acids is 1. The van der Waals surface area contributed by atoms with E-state index in [0.717, 1.165) is 30.8 Å². The van der Waals surface area contributed by atoms with Crippen LogP contribution in [0.5, 0.6) is 0 Å². The van der Waals surface area contributed by atoms with Gasteiger partial charge < -0.3 is 24.7 Å². The molecule has 1 aliphatic heterocycles. The van der Waals surface area contributed by atoms with Gasteiger partial charge in [0, 0.05) is 26.2 Å². The summed E-state index contributed by atoms with van der Waals surface area (Å²) in [6, 6.07) is 3.03. The first-order chi connectivity index (χ1) is 10.5. The van der Waals surface area contributed by atoms with Crippen LogP contribution in [0.1, 0.15) is 19.8 Å². The lowest BCUT2D eigenvalue weighted by atomic mass is 9.99. The van der Waals surface area contributed by atoms with Crippen molar-refractivity contribution in [2.75, 3.05) is 29.9 Å². The summed E-state index contributed by atoms with van der Waals surface area (Å²) in [6.45, 7) is 3.84. The van der Waals surface area contributed by atoms with Gasteiger partial charge in [0.1, 0.15) is 11.9 Å². The fourth-order valence-corrected chi connectivity index (χ4v) is 2.74. The van der Waals surface area contributed by atoms with Crippen molar-refractivity contribution in [3.8, 4) is 0 Å². The van der Waals surface area contributed by atoms with Crippen LogP contribution in [0.2, 0.25) is 0 Å². The smallest absolute Gasteiger partial charge is 0.209 e. The average molecular weight is 305 g/mol. The average Bonchev–Trinajstić information content (AvgIpc) is 2.89. The molecule has 1 saturated heterocycles. The third-order valence-electron chi connectivity index (χ3n) is 4.25. The van der Waals surface area contributed by atoms with E-state index in [4.69, 9.17) is 0 Å². The van der Waals surface area contributed by atoms with E-state index in [2.05, 4.69) is 16.9 Å². The van der Waals surface area contributed by atoms with Gasteiger partial charge in [0.25, 0.3) is 0 Å². The molecular weight excluding hydrogens is 287 g/mol. The number of anilines is 2. The quantitative estimate of drug-likeness (QED) is 0.916. The molecule has 1 fully saturated rings. The molecule has 1 aromatic carbocycles. The Balaban J connectivity index is 1.95. The number of hydrogen-bond donors (Lipinski definition) is 1. The number of piperidine rings is 1. The second-order valence-corrected chi connectivity index (χ2v) is 5.88. The van der Waals surface area contributed by atoms with Crippen LogP contribution in [-0.2, 0) is 0 Å². The van der Waals surface area contributed by atoms with Crippen molar-refractivity contribution in [1.82, 2.24) is 9.97 Å². The van der Waals surface area contributed by atoms with E-state index in [1.54, 1.807) is 6.07 Å². The molecule has 0 spiro atoms. The Kier molecular flexibility index (Phi) is 3.64. The Labute approximate surface area is 127 Å². The van der Waals surface area contributed by atoms with E-state index >= 15 is 0 Å². The van der Waals surface area contributed by atoms with Gasteiger partial charge in [-0.3, -0.25) is 0 Å². The van der Waals surface area contributed by atoms with Gasteiger partial charge in [-0.15, -0.1) is 0 Å². The number of benzene rings is 1. The Morgan fingerprint density at radius 3 is 2.77 bits per heavy atom. The number of nitrogens with zero attached hydrogens (tertiary/aromatic N) is 3.